The Labute approximate surface area is 262 Å². The third kappa shape index (κ3) is 5.20. The van der Waals surface area contributed by atoms with Gasteiger partial charge in [-0.3, -0.25) is 14.4 Å². The van der Waals surface area contributed by atoms with Gasteiger partial charge in [0.2, 0.25) is 0 Å². The number of phenols is 2. The normalized spacial score (nSPS) is 28.7. The maximum Gasteiger partial charge on any atom is 0.200 e. The van der Waals surface area contributed by atoms with E-state index in [2.05, 4.69) is 18.7 Å². The van der Waals surface area contributed by atoms with E-state index in [1.165, 1.54) is 12.1 Å². The van der Waals surface area contributed by atoms with Gasteiger partial charge in [-0.2, -0.15) is 0 Å². The second kappa shape index (κ2) is 11.4. The van der Waals surface area contributed by atoms with Gasteiger partial charge in [0.05, 0.1) is 5.41 Å². The molecule has 2 fully saturated rings. The summed E-state index contributed by atoms with van der Waals surface area (Å²) in [5, 5.41) is 20.2. The van der Waals surface area contributed by atoms with E-state index in [0.29, 0.717) is 19.3 Å². The molecule has 2 bridgehead atoms. The van der Waals surface area contributed by atoms with Crippen LogP contribution in [0.5, 0.6) is 11.5 Å². The highest BCUT2D eigenvalue weighted by Gasteiger charge is 2.74. The second-order valence-corrected chi connectivity index (χ2v) is 14.7. The molecule has 0 radical (unpaired) electrons. The molecule has 3 aliphatic rings. The van der Waals surface area contributed by atoms with Gasteiger partial charge < -0.3 is 14.9 Å². The van der Waals surface area contributed by atoms with E-state index in [1.54, 1.807) is 0 Å². The Bertz CT molecular complexity index is 1540. The van der Waals surface area contributed by atoms with E-state index >= 15 is 9.59 Å². The highest BCUT2D eigenvalue weighted by Crippen LogP contribution is 2.69. The Balaban J connectivity index is 2.11. The largest absolute Gasteiger partial charge is 0.504 e. The number of ketones is 3. The van der Waals surface area contributed by atoms with Crippen LogP contribution in [0.3, 0.4) is 0 Å². The molecule has 1 spiro atoms. The lowest BCUT2D eigenvalue weighted by molar-refractivity contribution is -0.185. The highest BCUT2D eigenvalue weighted by molar-refractivity contribution is 6.35. The number of Topliss-reactive ketones (excluding diaryl/α,β-unsaturated/α-hetero) is 3. The van der Waals surface area contributed by atoms with Gasteiger partial charge in [-0.15, -0.1) is 0 Å². The van der Waals surface area contributed by atoms with E-state index < -0.39 is 39.2 Å². The molecule has 2 N–H and O–H groups in total. The van der Waals surface area contributed by atoms with Crippen LogP contribution < -0.4 is 0 Å². The van der Waals surface area contributed by atoms with Crippen LogP contribution in [0.15, 0.2) is 77.1 Å². The van der Waals surface area contributed by atoms with Crippen LogP contribution in [0.2, 0.25) is 0 Å². The molecular weight excluding hydrogens is 552 g/mol. The second-order valence-electron chi connectivity index (χ2n) is 14.7. The summed E-state index contributed by atoms with van der Waals surface area (Å²) in [5.74, 6) is -2.26. The zero-order chi connectivity index (χ0) is 33.0. The van der Waals surface area contributed by atoms with Gasteiger partial charge in [-0.25, -0.2) is 0 Å². The minimum atomic E-state index is -1.54. The Morgan fingerprint density at radius 2 is 1.61 bits per heavy atom. The number of allylic oxidation sites excluding steroid dienone is 9. The van der Waals surface area contributed by atoms with Crippen LogP contribution in [0.25, 0.3) is 0 Å². The first-order chi connectivity index (χ1) is 20.3. The van der Waals surface area contributed by atoms with Crippen molar-refractivity contribution in [3.63, 3.8) is 0 Å². The number of hydrogen-bond acceptors (Lipinski definition) is 6. The quantitative estimate of drug-likeness (QED) is 0.0776. The first-order valence-electron chi connectivity index (χ1n) is 15.5. The first kappa shape index (κ1) is 33.2. The molecule has 1 saturated carbocycles. The van der Waals surface area contributed by atoms with Crippen LogP contribution in [-0.2, 0) is 14.3 Å². The van der Waals surface area contributed by atoms with Crippen LogP contribution in [0, 0.1) is 28.1 Å². The van der Waals surface area contributed by atoms with Crippen molar-refractivity contribution in [1.29, 1.82) is 0 Å². The predicted molar refractivity (Wildman–Crippen MR) is 173 cm³/mol. The van der Waals surface area contributed by atoms with Crippen molar-refractivity contribution >= 4 is 17.3 Å². The average Bonchev–Trinajstić information content (AvgIpc) is 2.91. The van der Waals surface area contributed by atoms with Crippen LogP contribution in [0.4, 0.5) is 0 Å². The number of carbonyl (C=O) groups is 3. The minimum Gasteiger partial charge on any atom is -0.504 e. The lowest BCUT2D eigenvalue weighted by Crippen LogP contribution is -2.69. The Hall–Kier alpha value is -3.67. The van der Waals surface area contributed by atoms with Crippen molar-refractivity contribution in [1.82, 2.24) is 0 Å². The van der Waals surface area contributed by atoms with Gasteiger partial charge >= 0.3 is 0 Å². The number of rotatable bonds is 8. The molecule has 4 atom stereocenters. The third-order valence-electron chi connectivity index (χ3n) is 10.3. The topological polar surface area (TPSA) is 101 Å². The highest BCUT2D eigenvalue weighted by atomic mass is 16.5. The maximum atomic E-state index is 15.3. The van der Waals surface area contributed by atoms with E-state index in [0.717, 1.165) is 22.8 Å². The predicted octanol–water partition coefficient (Wildman–Crippen LogP) is 8.37. The molecule has 1 aromatic rings. The zero-order valence-electron chi connectivity index (χ0n) is 27.8. The fourth-order valence-electron chi connectivity index (χ4n) is 7.47. The Morgan fingerprint density at radius 1 is 0.977 bits per heavy atom. The maximum absolute atomic E-state index is 15.3. The number of fused-ring (bicyclic) bond motifs is 1. The molecule has 44 heavy (non-hydrogen) atoms. The van der Waals surface area contributed by atoms with Gasteiger partial charge in [0.15, 0.2) is 28.8 Å². The van der Waals surface area contributed by atoms with Crippen molar-refractivity contribution < 1.29 is 29.3 Å². The summed E-state index contributed by atoms with van der Waals surface area (Å²) in [6, 6.07) is 3.77. The molecule has 2 aliphatic carbocycles. The fourth-order valence-corrected chi connectivity index (χ4v) is 7.47. The number of ether oxygens (including phenoxy) is 1. The van der Waals surface area contributed by atoms with Crippen molar-refractivity contribution in [2.75, 3.05) is 0 Å². The van der Waals surface area contributed by atoms with Crippen molar-refractivity contribution in [2.24, 2.45) is 28.1 Å². The zero-order valence-corrected chi connectivity index (χ0v) is 27.8. The molecule has 1 aliphatic heterocycles. The van der Waals surface area contributed by atoms with Gasteiger partial charge in [-0.1, -0.05) is 61.4 Å². The molecule has 1 heterocycles. The molecule has 0 amide bonds. The lowest BCUT2D eigenvalue weighted by atomic mass is 9.39. The Morgan fingerprint density at radius 3 is 2.18 bits per heavy atom. The van der Waals surface area contributed by atoms with Crippen LogP contribution in [0.1, 0.15) is 98.4 Å². The number of aromatic hydroxyl groups is 2. The summed E-state index contributed by atoms with van der Waals surface area (Å²) >= 11 is 0. The smallest absolute Gasteiger partial charge is 0.200 e. The number of benzene rings is 1. The van der Waals surface area contributed by atoms with Crippen LogP contribution >= 0.6 is 0 Å². The summed E-state index contributed by atoms with van der Waals surface area (Å²) in [6.07, 6.45) is 9.80. The average molecular weight is 601 g/mol. The number of hydrogen-bond donors (Lipinski definition) is 2. The van der Waals surface area contributed by atoms with E-state index in [9.17, 15) is 15.0 Å². The molecule has 4 unspecified atom stereocenters. The summed E-state index contributed by atoms with van der Waals surface area (Å²) < 4.78 is 6.78. The van der Waals surface area contributed by atoms with Gasteiger partial charge in [0.25, 0.3) is 0 Å². The summed E-state index contributed by atoms with van der Waals surface area (Å²) in [6.45, 7) is 21.8. The van der Waals surface area contributed by atoms with Gasteiger partial charge in [0, 0.05) is 11.5 Å². The third-order valence-corrected chi connectivity index (χ3v) is 10.3. The first-order valence-corrected chi connectivity index (χ1v) is 15.5. The van der Waals surface area contributed by atoms with E-state index in [4.69, 9.17) is 4.74 Å². The Kier molecular flexibility index (Phi) is 8.58. The molecule has 6 heteroatoms. The monoisotopic (exact) mass is 600 g/mol. The van der Waals surface area contributed by atoms with E-state index in [1.807, 2.05) is 74.5 Å². The summed E-state index contributed by atoms with van der Waals surface area (Å²) in [5.41, 5.74) is -1.45. The number of phenolic OH excluding ortho intramolecular Hbond substituents is 2. The van der Waals surface area contributed by atoms with Crippen molar-refractivity contribution in [3.8, 4) is 11.5 Å². The van der Waals surface area contributed by atoms with Crippen molar-refractivity contribution in [3.05, 3.63) is 82.7 Å². The molecule has 6 nitrogen and oxygen atoms in total. The molecule has 4 rings (SSSR count). The SMILES string of the molecule is C=C(C)C=CC1CC23CC(CC=C(C)C)C(C)(C)OC2=C(C(=O)c2ccc(O)c(O)c2)C(=O)C(CC=C(C)C)(C3=O)C1(C)C. The van der Waals surface area contributed by atoms with Gasteiger partial charge in [-0.05, 0) is 104 Å². The molecule has 1 saturated heterocycles. The van der Waals surface area contributed by atoms with Crippen LogP contribution in [-0.4, -0.2) is 33.2 Å². The molecule has 1 aromatic carbocycles. The lowest BCUT2D eigenvalue weighted by Gasteiger charge is -2.63. The summed E-state index contributed by atoms with van der Waals surface area (Å²) in [4.78, 5) is 44.9. The van der Waals surface area contributed by atoms with Crippen molar-refractivity contribution in [2.45, 2.75) is 93.6 Å². The minimum absolute atomic E-state index is 0.0423. The van der Waals surface area contributed by atoms with Gasteiger partial charge in [0.1, 0.15) is 22.3 Å². The number of carbonyl (C=O) groups excluding carboxylic acids is 3. The fraction of sp³-hybridized carbons (Fsp3) is 0.500. The summed E-state index contributed by atoms with van der Waals surface area (Å²) in [7, 11) is 0. The molecule has 0 aromatic heterocycles. The molecular formula is C38H48O6. The van der Waals surface area contributed by atoms with E-state index in [-0.39, 0.29) is 46.7 Å². The molecule has 236 valence electrons. The standard InChI is InChI=1S/C38H48O6/c1-22(2)11-14-26-20-37-21-27(15-12-23(3)4)36(9,10)44-33(37)30(31(41)25-13-16-28(39)29(40)19-25)32(42)38(34(37)43,35(26,7)8)18-17-24(5)6/h11-14,16-17,19,26-27,39-40H,1,15,18,20-21H2,2-10H3.